The van der Waals surface area contributed by atoms with Crippen LogP contribution in [-0.2, 0) is 6.54 Å². The van der Waals surface area contributed by atoms with Crippen LogP contribution >= 0.6 is 0 Å². The minimum Gasteiger partial charge on any atom is -0.308 e. The summed E-state index contributed by atoms with van der Waals surface area (Å²) < 4.78 is 0. The Morgan fingerprint density at radius 1 is 1.43 bits per heavy atom. The fourth-order valence-corrected chi connectivity index (χ4v) is 1.88. The van der Waals surface area contributed by atoms with Gasteiger partial charge in [-0.25, -0.2) is 10.8 Å². The predicted molar refractivity (Wildman–Crippen MR) is 56.6 cm³/mol. The van der Waals surface area contributed by atoms with Crippen LogP contribution < -0.4 is 11.3 Å². The van der Waals surface area contributed by atoms with Crippen LogP contribution in [-0.4, -0.2) is 23.0 Å². The fraction of sp³-hybridized carbons (Fsp3) is 0.500. The zero-order valence-corrected chi connectivity index (χ0v) is 8.24. The van der Waals surface area contributed by atoms with E-state index in [-0.39, 0.29) is 0 Å². The van der Waals surface area contributed by atoms with Crippen molar-refractivity contribution in [2.75, 3.05) is 18.5 Å². The van der Waals surface area contributed by atoms with Gasteiger partial charge in [-0.3, -0.25) is 4.90 Å². The second-order valence-electron chi connectivity index (χ2n) is 3.64. The van der Waals surface area contributed by atoms with E-state index in [1.165, 1.54) is 31.5 Å². The summed E-state index contributed by atoms with van der Waals surface area (Å²) in [5.74, 6) is 6.18. The van der Waals surface area contributed by atoms with E-state index in [1.807, 2.05) is 6.07 Å². The van der Waals surface area contributed by atoms with Gasteiger partial charge in [0.1, 0.15) is 5.82 Å². The number of pyridine rings is 1. The molecule has 0 saturated carbocycles. The average Bonchev–Trinajstić information content (AvgIpc) is 2.71. The molecular weight excluding hydrogens is 176 g/mol. The lowest BCUT2D eigenvalue weighted by Crippen LogP contribution is -2.20. The number of hydrogen-bond acceptors (Lipinski definition) is 4. The lowest BCUT2D eigenvalue weighted by Gasteiger charge is -2.16. The van der Waals surface area contributed by atoms with Crippen LogP contribution in [0.25, 0.3) is 0 Å². The molecule has 3 N–H and O–H groups in total. The molecule has 1 aromatic heterocycles. The van der Waals surface area contributed by atoms with Gasteiger partial charge in [0, 0.05) is 18.3 Å². The van der Waals surface area contributed by atoms with Crippen LogP contribution in [0.4, 0.5) is 5.82 Å². The molecule has 2 heterocycles. The molecule has 4 heteroatoms. The molecule has 0 aromatic carbocycles. The first kappa shape index (κ1) is 9.43. The number of anilines is 1. The number of nitrogen functional groups attached to an aromatic ring is 1. The minimum absolute atomic E-state index is 0.791. The van der Waals surface area contributed by atoms with E-state index in [4.69, 9.17) is 5.84 Å². The van der Waals surface area contributed by atoms with Crippen LogP contribution in [0, 0.1) is 0 Å². The summed E-state index contributed by atoms with van der Waals surface area (Å²) in [6, 6.07) is 4.02. The minimum atomic E-state index is 0.791. The second-order valence-corrected chi connectivity index (χ2v) is 3.64. The fourth-order valence-electron chi connectivity index (χ4n) is 1.88. The summed E-state index contributed by atoms with van der Waals surface area (Å²) >= 11 is 0. The molecule has 0 spiro atoms. The molecule has 0 radical (unpaired) electrons. The molecule has 76 valence electrons. The van der Waals surface area contributed by atoms with Gasteiger partial charge in [-0.15, -0.1) is 0 Å². The SMILES string of the molecule is NNc1ncccc1CN1CCCC1. The van der Waals surface area contributed by atoms with Crippen molar-refractivity contribution in [3.8, 4) is 0 Å². The first-order chi connectivity index (χ1) is 6.90. The van der Waals surface area contributed by atoms with Gasteiger partial charge in [0.05, 0.1) is 0 Å². The highest BCUT2D eigenvalue weighted by molar-refractivity contribution is 5.42. The number of rotatable bonds is 3. The van der Waals surface area contributed by atoms with E-state index in [2.05, 4.69) is 21.4 Å². The number of aromatic nitrogens is 1. The highest BCUT2D eigenvalue weighted by Crippen LogP contribution is 2.16. The van der Waals surface area contributed by atoms with Crippen molar-refractivity contribution in [2.45, 2.75) is 19.4 Å². The van der Waals surface area contributed by atoms with E-state index >= 15 is 0 Å². The van der Waals surface area contributed by atoms with Crippen molar-refractivity contribution in [1.82, 2.24) is 9.88 Å². The third-order valence-corrected chi connectivity index (χ3v) is 2.62. The molecule has 0 amide bonds. The Balaban J connectivity index is 2.07. The number of nitrogens with two attached hydrogens (primary N) is 1. The van der Waals surface area contributed by atoms with Crippen LogP contribution in [0.5, 0.6) is 0 Å². The summed E-state index contributed by atoms with van der Waals surface area (Å²) in [7, 11) is 0. The van der Waals surface area contributed by atoms with Gasteiger partial charge >= 0.3 is 0 Å². The van der Waals surface area contributed by atoms with Crippen molar-refractivity contribution in [3.05, 3.63) is 23.9 Å². The molecule has 1 aliphatic rings. The molecule has 0 aliphatic carbocycles. The maximum Gasteiger partial charge on any atom is 0.144 e. The number of nitrogens with zero attached hydrogens (tertiary/aromatic N) is 2. The van der Waals surface area contributed by atoms with Gasteiger partial charge in [0.2, 0.25) is 0 Å². The van der Waals surface area contributed by atoms with Crippen molar-refractivity contribution in [3.63, 3.8) is 0 Å². The monoisotopic (exact) mass is 192 g/mol. The van der Waals surface area contributed by atoms with Gasteiger partial charge in [-0.2, -0.15) is 0 Å². The molecule has 1 aromatic rings. The van der Waals surface area contributed by atoms with Crippen molar-refractivity contribution in [1.29, 1.82) is 0 Å². The Labute approximate surface area is 84.1 Å². The predicted octanol–water partition coefficient (Wildman–Crippen LogP) is 0.963. The first-order valence-corrected chi connectivity index (χ1v) is 5.03. The molecule has 1 saturated heterocycles. The summed E-state index contributed by atoms with van der Waals surface area (Å²) in [5.41, 5.74) is 3.81. The highest BCUT2D eigenvalue weighted by atomic mass is 15.3. The Morgan fingerprint density at radius 2 is 2.21 bits per heavy atom. The number of likely N-dealkylation sites (tertiary alicyclic amines) is 1. The molecule has 1 fully saturated rings. The molecule has 4 nitrogen and oxygen atoms in total. The Morgan fingerprint density at radius 3 is 2.93 bits per heavy atom. The maximum absolute atomic E-state index is 5.39. The highest BCUT2D eigenvalue weighted by Gasteiger charge is 2.13. The van der Waals surface area contributed by atoms with Gasteiger partial charge in [-0.05, 0) is 32.0 Å². The number of hydrogen-bond donors (Lipinski definition) is 2. The standard InChI is InChI=1S/C10H16N4/c11-13-10-9(4-3-5-12-10)8-14-6-1-2-7-14/h3-5H,1-2,6-8,11H2,(H,12,13). The molecule has 0 bridgehead atoms. The van der Waals surface area contributed by atoms with E-state index in [0.717, 1.165) is 12.4 Å². The zero-order valence-electron chi connectivity index (χ0n) is 8.24. The molecule has 0 atom stereocenters. The van der Waals surface area contributed by atoms with Crippen LogP contribution in [0.3, 0.4) is 0 Å². The van der Waals surface area contributed by atoms with Crippen LogP contribution in [0.2, 0.25) is 0 Å². The summed E-state index contributed by atoms with van der Waals surface area (Å²) in [6.45, 7) is 3.34. The molecule has 1 aliphatic heterocycles. The van der Waals surface area contributed by atoms with E-state index in [9.17, 15) is 0 Å². The molecule has 14 heavy (non-hydrogen) atoms. The number of hydrazine groups is 1. The van der Waals surface area contributed by atoms with Crippen LogP contribution in [0.1, 0.15) is 18.4 Å². The largest absolute Gasteiger partial charge is 0.308 e. The maximum atomic E-state index is 5.39. The second kappa shape index (κ2) is 4.39. The van der Waals surface area contributed by atoms with Gasteiger partial charge in [0.25, 0.3) is 0 Å². The van der Waals surface area contributed by atoms with Crippen molar-refractivity contribution >= 4 is 5.82 Å². The van der Waals surface area contributed by atoms with E-state index < -0.39 is 0 Å². The lowest BCUT2D eigenvalue weighted by molar-refractivity contribution is 0.331. The lowest BCUT2D eigenvalue weighted by atomic mass is 10.2. The van der Waals surface area contributed by atoms with Gasteiger partial charge in [0.15, 0.2) is 0 Å². The third-order valence-electron chi connectivity index (χ3n) is 2.62. The van der Waals surface area contributed by atoms with Crippen LogP contribution in [0.15, 0.2) is 18.3 Å². The molecule has 0 unspecified atom stereocenters. The Bertz CT molecular complexity index is 294. The third kappa shape index (κ3) is 2.02. The topological polar surface area (TPSA) is 54.2 Å². The Hall–Kier alpha value is -1.13. The average molecular weight is 192 g/mol. The molecule has 2 rings (SSSR count). The zero-order chi connectivity index (χ0) is 9.80. The van der Waals surface area contributed by atoms with E-state index in [1.54, 1.807) is 6.20 Å². The Kier molecular flexibility index (Phi) is 2.96. The van der Waals surface area contributed by atoms with Gasteiger partial charge in [-0.1, -0.05) is 6.07 Å². The normalized spacial score (nSPS) is 17.2. The molecular formula is C10H16N4. The first-order valence-electron chi connectivity index (χ1n) is 5.03. The van der Waals surface area contributed by atoms with E-state index in [0.29, 0.717) is 0 Å². The quantitative estimate of drug-likeness (QED) is 0.553. The number of nitrogens with one attached hydrogen (secondary N) is 1. The summed E-state index contributed by atoms with van der Waals surface area (Å²) in [4.78, 5) is 6.60. The summed E-state index contributed by atoms with van der Waals surface area (Å²) in [6.07, 6.45) is 4.37. The van der Waals surface area contributed by atoms with Crippen molar-refractivity contribution in [2.24, 2.45) is 5.84 Å². The van der Waals surface area contributed by atoms with Crippen molar-refractivity contribution < 1.29 is 0 Å². The van der Waals surface area contributed by atoms with Gasteiger partial charge < -0.3 is 5.43 Å². The summed E-state index contributed by atoms with van der Waals surface area (Å²) in [5, 5.41) is 0. The smallest absolute Gasteiger partial charge is 0.144 e.